The van der Waals surface area contributed by atoms with Crippen LogP contribution in [0.2, 0.25) is 0 Å². The predicted molar refractivity (Wildman–Crippen MR) is 79.9 cm³/mol. The molecule has 0 aliphatic carbocycles. The van der Waals surface area contributed by atoms with Gasteiger partial charge in [0.1, 0.15) is 0 Å². The summed E-state index contributed by atoms with van der Waals surface area (Å²) in [5.74, 6) is 0.595. The monoisotopic (exact) mass is 252 g/mol. The molecule has 1 heteroatoms. The van der Waals surface area contributed by atoms with Crippen LogP contribution in [0, 0.1) is 13.8 Å². The van der Waals surface area contributed by atoms with Gasteiger partial charge >= 0.3 is 0 Å². The quantitative estimate of drug-likeness (QED) is 0.726. The van der Waals surface area contributed by atoms with Gasteiger partial charge in [-0.3, -0.25) is 4.79 Å². The minimum atomic E-state index is 0.104. The zero-order valence-electron chi connectivity index (χ0n) is 12.0. The summed E-state index contributed by atoms with van der Waals surface area (Å²) in [6.07, 6.45) is 0. The zero-order valence-corrected chi connectivity index (χ0v) is 12.0. The summed E-state index contributed by atoms with van der Waals surface area (Å²) in [4.78, 5) is 12.5. The molecule has 0 spiro atoms. The van der Waals surface area contributed by atoms with E-state index in [1.165, 1.54) is 11.1 Å². The molecular formula is C18H20O. The Kier molecular flexibility index (Phi) is 3.84. The molecule has 2 rings (SSSR count). The summed E-state index contributed by atoms with van der Waals surface area (Å²) < 4.78 is 0. The third-order valence-corrected chi connectivity index (χ3v) is 3.47. The minimum absolute atomic E-state index is 0.104. The number of carbonyl (C=O) groups excluding carboxylic acids is 1. The van der Waals surface area contributed by atoms with Gasteiger partial charge in [-0.05, 0) is 30.9 Å². The summed E-state index contributed by atoms with van der Waals surface area (Å²) >= 11 is 0. The maximum absolute atomic E-state index is 12.5. The Morgan fingerprint density at radius 3 is 2.11 bits per heavy atom. The van der Waals surface area contributed by atoms with E-state index >= 15 is 0 Å². The molecule has 19 heavy (non-hydrogen) atoms. The van der Waals surface area contributed by atoms with E-state index in [1.807, 2.05) is 50.2 Å². The van der Waals surface area contributed by atoms with E-state index < -0.39 is 0 Å². The Bertz CT molecular complexity index is 592. The van der Waals surface area contributed by atoms with Crippen LogP contribution < -0.4 is 0 Å². The zero-order chi connectivity index (χ0) is 14.0. The number of hydrogen-bond acceptors (Lipinski definition) is 1. The first-order chi connectivity index (χ1) is 8.99. The van der Waals surface area contributed by atoms with Gasteiger partial charge in [-0.2, -0.15) is 0 Å². The van der Waals surface area contributed by atoms with Gasteiger partial charge in [-0.25, -0.2) is 0 Å². The van der Waals surface area contributed by atoms with E-state index in [1.54, 1.807) is 0 Å². The fraction of sp³-hybridized carbons (Fsp3) is 0.278. The van der Waals surface area contributed by atoms with Crippen molar-refractivity contribution in [3.63, 3.8) is 0 Å². The molecule has 0 bridgehead atoms. The lowest BCUT2D eigenvalue weighted by molar-refractivity contribution is 0.103. The number of hydrogen-bond donors (Lipinski definition) is 0. The molecule has 0 aliphatic heterocycles. The second kappa shape index (κ2) is 5.40. The Morgan fingerprint density at radius 2 is 1.58 bits per heavy atom. The van der Waals surface area contributed by atoms with Crippen LogP contribution in [0.25, 0.3) is 0 Å². The van der Waals surface area contributed by atoms with Gasteiger partial charge in [0, 0.05) is 11.1 Å². The highest BCUT2D eigenvalue weighted by molar-refractivity contribution is 6.09. The lowest BCUT2D eigenvalue weighted by Crippen LogP contribution is -2.04. The highest BCUT2D eigenvalue weighted by Gasteiger charge is 2.11. The van der Waals surface area contributed by atoms with Crippen LogP contribution in [0.5, 0.6) is 0 Å². The van der Waals surface area contributed by atoms with Crippen molar-refractivity contribution in [2.24, 2.45) is 0 Å². The topological polar surface area (TPSA) is 17.1 Å². The highest BCUT2D eigenvalue weighted by Crippen LogP contribution is 2.19. The van der Waals surface area contributed by atoms with Crippen molar-refractivity contribution in [3.05, 3.63) is 70.3 Å². The number of carbonyl (C=O) groups is 1. The van der Waals surface area contributed by atoms with Crippen molar-refractivity contribution in [1.29, 1.82) is 0 Å². The fourth-order valence-electron chi connectivity index (χ4n) is 2.24. The Morgan fingerprint density at radius 1 is 0.947 bits per heavy atom. The molecule has 2 aromatic carbocycles. The summed E-state index contributed by atoms with van der Waals surface area (Å²) in [6, 6.07) is 13.9. The molecular weight excluding hydrogens is 232 g/mol. The number of ketones is 1. The largest absolute Gasteiger partial charge is 0.289 e. The Labute approximate surface area is 115 Å². The van der Waals surface area contributed by atoms with Crippen LogP contribution in [0.1, 0.15) is 52.4 Å². The first-order valence-electron chi connectivity index (χ1n) is 6.71. The van der Waals surface area contributed by atoms with Crippen LogP contribution in [-0.2, 0) is 0 Å². The molecule has 0 aromatic heterocycles. The molecule has 0 radical (unpaired) electrons. The van der Waals surface area contributed by atoms with Crippen LogP contribution >= 0.6 is 0 Å². The minimum Gasteiger partial charge on any atom is -0.289 e. The lowest BCUT2D eigenvalue weighted by Gasteiger charge is -2.08. The summed E-state index contributed by atoms with van der Waals surface area (Å²) in [5, 5.41) is 0. The SMILES string of the molecule is Cc1ccc(C(=O)c2ccc(C(C)C)cc2)c(C)c1. The normalized spacial score (nSPS) is 10.8. The first kappa shape index (κ1) is 13.5. The smallest absolute Gasteiger partial charge is 0.193 e. The van der Waals surface area contributed by atoms with E-state index in [2.05, 4.69) is 19.9 Å². The molecule has 0 saturated heterocycles. The number of benzene rings is 2. The highest BCUT2D eigenvalue weighted by atomic mass is 16.1. The summed E-state index contributed by atoms with van der Waals surface area (Å²) in [7, 11) is 0. The third-order valence-electron chi connectivity index (χ3n) is 3.47. The Balaban J connectivity index is 2.33. The fourth-order valence-corrected chi connectivity index (χ4v) is 2.24. The molecule has 1 nitrogen and oxygen atoms in total. The van der Waals surface area contributed by atoms with Crippen molar-refractivity contribution in [3.8, 4) is 0 Å². The Hall–Kier alpha value is -1.89. The molecule has 2 aromatic rings. The lowest BCUT2D eigenvalue weighted by atomic mass is 9.95. The molecule has 0 heterocycles. The van der Waals surface area contributed by atoms with Crippen LogP contribution in [0.4, 0.5) is 0 Å². The summed E-state index contributed by atoms with van der Waals surface area (Å²) in [5.41, 5.74) is 5.04. The van der Waals surface area contributed by atoms with Gasteiger partial charge in [0.05, 0.1) is 0 Å². The average Bonchev–Trinajstić information content (AvgIpc) is 2.38. The van der Waals surface area contributed by atoms with Crippen molar-refractivity contribution >= 4 is 5.78 Å². The van der Waals surface area contributed by atoms with Crippen LogP contribution in [0.15, 0.2) is 42.5 Å². The molecule has 98 valence electrons. The molecule has 0 N–H and O–H groups in total. The van der Waals surface area contributed by atoms with Crippen molar-refractivity contribution < 1.29 is 4.79 Å². The van der Waals surface area contributed by atoms with Gasteiger partial charge in [0.25, 0.3) is 0 Å². The number of aryl methyl sites for hydroxylation is 2. The van der Waals surface area contributed by atoms with Crippen LogP contribution in [0.3, 0.4) is 0 Å². The maximum Gasteiger partial charge on any atom is 0.193 e. The van der Waals surface area contributed by atoms with Gasteiger partial charge in [0.2, 0.25) is 0 Å². The van der Waals surface area contributed by atoms with E-state index in [4.69, 9.17) is 0 Å². The van der Waals surface area contributed by atoms with Gasteiger partial charge in [-0.1, -0.05) is 61.9 Å². The van der Waals surface area contributed by atoms with Gasteiger partial charge < -0.3 is 0 Å². The van der Waals surface area contributed by atoms with Crippen molar-refractivity contribution in [1.82, 2.24) is 0 Å². The molecule has 0 saturated carbocycles. The van der Waals surface area contributed by atoms with E-state index in [9.17, 15) is 4.79 Å². The first-order valence-corrected chi connectivity index (χ1v) is 6.71. The molecule has 0 aliphatic rings. The van der Waals surface area contributed by atoms with Crippen LogP contribution in [-0.4, -0.2) is 5.78 Å². The van der Waals surface area contributed by atoms with Gasteiger partial charge in [-0.15, -0.1) is 0 Å². The third kappa shape index (κ3) is 2.93. The maximum atomic E-state index is 12.5. The van der Waals surface area contributed by atoms with Gasteiger partial charge in [0.15, 0.2) is 5.78 Å². The van der Waals surface area contributed by atoms with E-state index in [-0.39, 0.29) is 5.78 Å². The molecule has 0 atom stereocenters. The second-order valence-corrected chi connectivity index (χ2v) is 5.42. The van der Waals surface area contributed by atoms with Crippen molar-refractivity contribution in [2.45, 2.75) is 33.6 Å². The van der Waals surface area contributed by atoms with E-state index in [0.717, 1.165) is 16.7 Å². The standard InChI is InChI=1S/C18H20O/c1-12(2)15-6-8-16(9-7-15)18(19)17-10-5-13(3)11-14(17)4/h5-12H,1-4H3. The summed E-state index contributed by atoms with van der Waals surface area (Å²) in [6.45, 7) is 8.34. The predicted octanol–water partition coefficient (Wildman–Crippen LogP) is 4.66. The number of rotatable bonds is 3. The average molecular weight is 252 g/mol. The molecule has 0 amide bonds. The van der Waals surface area contributed by atoms with Crippen molar-refractivity contribution in [2.75, 3.05) is 0 Å². The van der Waals surface area contributed by atoms with E-state index in [0.29, 0.717) is 5.92 Å². The second-order valence-electron chi connectivity index (χ2n) is 5.42. The molecule has 0 fully saturated rings. The molecule has 0 unspecified atom stereocenters.